The molecule has 4 aliphatic carbocycles. The van der Waals surface area contributed by atoms with Gasteiger partial charge in [0.15, 0.2) is 0 Å². The van der Waals surface area contributed by atoms with E-state index in [9.17, 15) is 19.8 Å². The lowest BCUT2D eigenvalue weighted by atomic mass is 9.47. The largest absolute Gasteiger partial charge is 0.458 e. The number of aliphatic hydroxyl groups excluding tert-OH is 2. The summed E-state index contributed by atoms with van der Waals surface area (Å²) in [5.41, 5.74) is 2.21. The Morgan fingerprint density at radius 1 is 1.11 bits per heavy atom. The van der Waals surface area contributed by atoms with Gasteiger partial charge in [0.2, 0.25) is 0 Å². The molecule has 2 heterocycles. The molecule has 1 saturated heterocycles. The van der Waals surface area contributed by atoms with E-state index in [-0.39, 0.29) is 48.1 Å². The summed E-state index contributed by atoms with van der Waals surface area (Å²) in [5, 5.41) is 22.8. The second kappa shape index (κ2) is 7.75. The van der Waals surface area contributed by atoms with Gasteiger partial charge in [-0.05, 0) is 58.3 Å². The zero-order valence-electron chi connectivity index (χ0n) is 22.3. The fourth-order valence-electron chi connectivity index (χ4n) is 9.17. The van der Waals surface area contributed by atoms with E-state index in [0.717, 1.165) is 24.8 Å². The SMILES string of the molecule is COC1CC(=O)C2(C)C3CCC4=C(CC(O)C4(C)C(C)C4CC(C)=C(C)C(=O)O4)C3CC3OC32C1O. The first-order valence-electron chi connectivity index (χ1n) is 13.6. The van der Waals surface area contributed by atoms with E-state index >= 15 is 0 Å². The van der Waals surface area contributed by atoms with E-state index in [4.69, 9.17) is 14.2 Å². The molecule has 11 unspecified atom stereocenters. The van der Waals surface area contributed by atoms with Crippen molar-refractivity contribution in [3.8, 4) is 0 Å². The van der Waals surface area contributed by atoms with Crippen molar-refractivity contribution in [2.75, 3.05) is 7.11 Å². The van der Waals surface area contributed by atoms with Gasteiger partial charge in [-0.25, -0.2) is 4.79 Å². The zero-order valence-corrected chi connectivity index (χ0v) is 22.3. The second-order valence-corrected chi connectivity index (χ2v) is 12.8. The molecule has 6 aliphatic rings. The number of carbonyl (C=O) groups excluding carboxylic acids is 2. The Morgan fingerprint density at radius 2 is 1.83 bits per heavy atom. The monoisotopic (exact) mass is 500 g/mol. The predicted molar refractivity (Wildman–Crippen MR) is 131 cm³/mol. The highest BCUT2D eigenvalue weighted by atomic mass is 16.6. The Labute approximate surface area is 213 Å². The molecule has 11 atom stereocenters. The van der Waals surface area contributed by atoms with Crippen molar-refractivity contribution in [2.45, 2.75) is 109 Å². The van der Waals surface area contributed by atoms with Crippen molar-refractivity contribution in [2.24, 2.45) is 28.6 Å². The topological polar surface area (TPSA) is 106 Å². The highest BCUT2D eigenvalue weighted by Crippen LogP contribution is 2.71. The van der Waals surface area contributed by atoms with Crippen molar-refractivity contribution >= 4 is 11.8 Å². The van der Waals surface area contributed by atoms with Crippen molar-refractivity contribution < 1.29 is 34.0 Å². The Balaban J connectivity index is 1.35. The van der Waals surface area contributed by atoms with E-state index < -0.39 is 34.7 Å². The molecule has 0 radical (unpaired) electrons. The van der Waals surface area contributed by atoms with Gasteiger partial charge in [0.25, 0.3) is 0 Å². The maximum atomic E-state index is 13.6. The highest BCUT2D eigenvalue weighted by Gasteiger charge is 2.81. The fraction of sp³-hybridized carbons (Fsp3) is 0.793. The van der Waals surface area contributed by atoms with Crippen molar-refractivity contribution in [1.82, 2.24) is 0 Å². The lowest BCUT2D eigenvalue weighted by Crippen LogP contribution is -2.67. The predicted octanol–water partition coefficient (Wildman–Crippen LogP) is 3.26. The summed E-state index contributed by atoms with van der Waals surface area (Å²) in [6.07, 6.45) is 1.52. The Kier molecular flexibility index (Phi) is 5.33. The van der Waals surface area contributed by atoms with Crippen LogP contribution in [0.15, 0.2) is 22.3 Å². The minimum Gasteiger partial charge on any atom is -0.458 e. The number of Topliss-reactive ketones (excluding diaryl/α,β-unsaturated/α-hetero) is 1. The number of epoxide rings is 1. The lowest BCUT2D eigenvalue weighted by molar-refractivity contribution is -0.173. The van der Waals surface area contributed by atoms with Crippen LogP contribution in [0.4, 0.5) is 0 Å². The van der Waals surface area contributed by atoms with Crippen LogP contribution < -0.4 is 0 Å². The third-order valence-corrected chi connectivity index (χ3v) is 11.8. The molecule has 0 aromatic heterocycles. The number of hydrogen-bond acceptors (Lipinski definition) is 7. The quantitative estimate of drug-likeness (QED) is 0.348. The average Bonchev–Trinajstić information content (AvgIpc) is 3.53. The summed E-state index contributed by atoms with van der Waals surface area (Å²) in [4.78, 5) is 26.1. The molecule has 2 saturated carbocycles. The maximum absolute atomic E-state index is 13.6. The number of esters is 1. The third-order valence-electron chi connectivity index (χ3n) is 11.8. The number of carbonyl (C=O) groups is 2. The minimum atomic E-state index is -0.853. The molecular weight excluding hydrogens is 460 g/mol. The van der Waals surface area contributed by atoms with E-state index in [1.165, 1.54) is 11.1 Å². The van der Waals surface area contributed by atoms with Crippen LogP contribution in [0.25, 0.3) is 0 Å². The average molecular weight is 501 g/mol. The first-order valence-corrected chi connectivity index (χ1v) is 13.6. The molecule has 1 spiro atoms. The van der Waals surface area contributed by atoms with Gasteiger partial charge in [-0.1, -0.05) is 30.6 Å². The van der Waals surface area contributed by atoms with E-state index in [1.807, 2.05) is 20.8 Å². The summed E-state index contributed by atoms with van der Waals surface area (Å²) < 4.78 is 17.6. The molecule has 0 aromatic carbocycles. The van der Waals surface area contributed by atoms with Gasteiger partial charge in [-0.3, -0.25) is 4.79 Å². The number of methoxy groups -OCH3 is 1. The first-order chi connectivity index (χ1) is 16.9. The molecule has 0 bridgehead atoms. The first kappa shape index (κ1) is 24.8. The number of fused-ring (bicyclic) bond motifs is 3. The number of cyclic esters (lactones) is 1. The van der Waals surface area contributed by atoms with Crippen LogP contribution in [-0.2, 0) is 23.8 Å². The van der Waals surface area contributed by atoms with Crippen LogP contribution in [0, 0.1) is 28.6 Å². The molecule has 3 fully saturated rings. The molecule has 198 valence electrons. The Hall–Kier alpha value is -1.54. The highest BCUT2D eigenvalue weighted by molar-refractivity contribution is 5.90. The summed E-state index contributed by atoms with van der Waals surface area (Å²) in [6.45, 7) is 10.1. The van der Waals surface area contributed by atoms with Gasteiger partial charge in [0, 0.05) is 36.9 Å². The smallest absolute Gasteiger partial charge is 0.333 e. The third kappa shape index (κ3) is 2.78. The number of hydrogen-bond donors (Lipinski definition) is 2. The standard InChI is InChI=1S/C29H40O7/c1-13-9-20(35-26(33)14(13)2)15(3)27(4)18-7-8-19-17(16(18)10-22(27)30)11-24-29(36-24)25(32)21(34-6)12-23(31)28(19,29)5/h15,17,19-22,24-25,30,32H,7-12H2,1-6H3. The molecular formula is C29H40O7. The number of ketones is 1. The number of rotatable bonds is 3. The number of ether oxygens (including phenoxy) is 3. The van der Waals surface area contributed by atoms with E-state index in [1.54, 1.807) is 7.11 Å². The van der Waals surface area contributed by atoms with Crippen LogP contribution in [0.5, 0.6) is 0 Å². The molecule has 36 heavy (non-hydrogen) atoms. The molecule has 7 heteroatoms. The number of aliphatic hydroxyl groups is 2. The van der Waals surface area contributed by atoms with Crippen LogP contribution in [0.2, 0.25) is 0 Å². The molecule has 2 aliphatic heterocycles. The second-order valence-electron chi connectivity index (χ2n) is 12.8. The molecule has 0 amide bonds. The molecule has 7 nitrogen and oxygen atoms in total. The molecule has 6 rings (SSSR count). The normalized spacial score (nSPS) is 50.7. The Bertz CT molecular complexity index is 1090. The van der Waals surface area contributed by atoms with Gasteiger partial charge in [-0.15, -0.1) is 0 Å². The van der Waals surface area contributed by atoms with Gasteiger partial charge in [-0.2, -0.15) is 0 Å². The van der Waals surface area contributed by atoms with Crippen molar-refractivity contribution in [1.29, 1.82) is 0 Å². The van der Waals surface area contributed by atoms with Gasteiger partial charge < -0.3 is 24.4 Å². The van der Waals surface area contributed by atoms with Crippen molar-refractivity contribution in [3.05, 3.63) is 22.3 Å². The van der Waals surface area contributed by atoms with E-state index in [0.29, 0.717) is 18.4 Å². The summed E-state index contributed by atoms with van der Waals surface area (Å²) in [7, 11) is 1.55. The summed E-state index contributed by atoms with van der Waals surface area (Å²) >= 11 is 0. The summed E-state index contributed by atoms with van der Waals surface area (Å²) in [5.74, 6) is 0.0499. The summed E-state index contributed by atoms with van der Waals surface area (Å²) in [6, 6.07) is 0. The van der Waals surface area contributed by atoms with Gasteiger partial charge in [0.1, 0.15) is 23.6 Å². The molecule has 0 aromatic rings. The van der Waals surface area contributed by atoms with Crippen LogP contribution in [0.1, 0.15) is 73.1 Å². The van der Waals surface area contributed by atoms with Gasteiger partial charge in [0.05, 0.1) is 23.7 Å². The molecule has 2 N–H and O–H groups in total. The Morgan fingerprint density at radius 3 is 2.50 bits per heavy atom. The minimum absolute atomic E-state index is 0.0420. The van der Waals surface area contributed by atoms with Gasteiger partial charge >= 0.3 is 5.97 Å². The van der Waals surface area contributed by atoms with Crippen molar-refractivity contribution in [3.63, 3.8) is 0 Å². The van der Waals surface area contributed by atoms with E-state index in [2.05, 4.69) is 13.8 Å². The maximum Gasteiger partial charge on any atom is 0.333 e. The fourth-order valence-corrected chi connectivity index (χ4v) is 9.17. The lowest BCUT2D eigenvalue weighted by Gasteiger charge is -2.55. The van der Waals surface area contributed by atoms with Crippen LogP contribution >= 0.6 is 0 Å². The van der Waals surface area contributed by atoms with Crippen LogP contribution in [-0.4, -0.2) is 65.2 Å². The zero-order chi connectivity index (χ0) is 25.9. The van der Waals surface area contributed by atoms with Crippen LogP contribution in [0.3, 0.4) is 0 Å².